The Labute approximate surface area is 330 Å². The van der Waals surface area contributed by atoms with Gasteiger partial charge in [0.05, 0.1) is 17.4 Å². The van der Waals surface area contributed by atoms with Gasteiger partial charge in [0.2, 0.25) is 0 Å². The molecule has 0 aliphatic rings. The summed E-state index contributed by atoms with van der Waals surface area (Å²) in [5.74, 6) is 0. The lowest BCUT2D eigenvalue weighted by atomic mass is 10.3. The zero-order valence-corrected chi connectivity index (χ0v) is 37.8. The first kappa shape index (κ1) is 62.6. The van der Waals surface area contributed by atoms with Crippen molar-refractivity contribution < 1.29 is 25.0 Å². The molecule has 0 aromatic rings. The minimum absolute atomic E-state index is 0.00907. The standard InChI is InChI=1S/C8H19N3O.C6H15N3O2.C6H16N2O.C6H14N2O.C3H8N2O2.C3H7NOS/c1-6(2)11(7(3)4)10-8(12)9-5;1-5(2)8(6(3)4)9(11)7-10;2*1-5(2)8(7-9)6(3)4;1-3(2)5(7)4-6;1-3(2)6-4-5/h6-7H,1-5H3,(H2,9,10,12);5-6,10H,1-4H3;5-7,9H,1-4H3;5-6H,1-4H3;3,6H,1-2H3;3H,1-2H3/p-1/b;9-7-;;;;. The van der Waals surface area contributed by atoms with Gasteiger partial charge in [0.15, 0.2) is 11.3 Å². The molecule has 21 nitrogen and oxygen atoms in total. The quantitative estimate of drug-likeness (QED) is 0.0348. The van der Waals surface area contributed by atoms with Crippen molar-refractivity contribution in [3.05, 3.63) is 25.4 Å². The molecular formula is C32H78N13O8S-. The third kappa shape index (κ3) is 38.4. The van der Waals surface area contributed by atoms with Crippen LogP contribution in [0.25, 0.3) is 0 Å². The Morgan fingerprint density at radius 2 is 1.04 bits per heavy atom. The maximum absolute atomic E-state index is 11.0. The topological polar surface area (TPSA) is 265 Å². The minimum Gasteiger partial charge on any atom is -0.737 e. The maximum Gasteiger partial charge on any atom is 0.329 e. The molecule has 0 saturated carbocycles. The van der Waals surface area contributed by atoms with E-state index >= 15 is 0 Å². The average molecular weight is 805 g/mol. The predicted octanol–water partition coefficient (Wildman–Crippen LogP) is 7.77. The second kappa shape index (κ2) is 38.0. The number of nitroso groups, excluding NO2 is 2. The SMILES string of the molecule is CC(C)N(C(C)C)/[N+]([O-])=N/[O-].CC(C)N(N=O)C(C)C.CC(C)N(NO)C(C)C.CC(C)SN=O.CC(C)[N+]([O-])=NO.CNC(=O)NN(C(C)C)C(C)C. The summed E-state index contributed by atoms with van der Waals surface area (Å²) in [5.41, 5.74) is 4.88. The van der Waals surface area contributed by atoms with Crippen LogP contribution >= 0.6 is 11.9 Å². The summed E-state index contributed by atoms with van der Waals surface area (Å²) in [5, 5.41) is 63.9. The van der Waals surface area contributed by atoms with Crippen LogP contribution in [-0.2, 0) is 0 Å². The van der Waals surface area contributed by atoms with Gasteiger partial charge in [-0.05, 0) is 116 Å². The van der Waals surface area contributed by atoms with Crippen molar-refractivity contribution in [2.75, 3.05) is 7.05 Å². The Hall–Kier alpha value is -3.34. The van der Waals surface area contributed by atoms with Crippen molar-refractivity contribution >= 4 is 18.0 Å². The Morgan fingerprint density at radius 3 is 1.11 bits per heavy atom. The van der Waals surface area contributed by atoms with Crippen LogP contribution in [0.5, 0.6) is 0 Å². The summed E-state index contributed by atoms with van der Waals surface area (Å²) in [6, 6.07) is 1.23. The normalized spacial score (nSPS) is 11.4. The van der Waals surface area contributed by atoms with Crippen LogP contribution < -0.4 is 16.3 Å². The van der Waals surface area contributed by atoms with Crippen LogP contribution in [0, 0.1) is 25.4 Å². The predicted molar refractivity (Wildman–Crippen MR) is 218 cm³/mol. The van der Waals surface area contributed by atoms with Gasteiger partial charge in [-0.2, -0.15) is 0 Å². The molecule has 326 valence electrons. The number of urea groups is 1. The molecule has 0 unspecified atom stereocenters. The summed E-state index contributed by atoms with van der Waals surface area (Å²) in [4.78, 5) is 30.7. The summed E-state index contributed by atoms with van der Waals surface area (Å²) >= 11 is 1.06. The van der Waals surface area contributed by atoms with Gasteiger partial charge >= 0.3 is 6.03 Å². The van der Waals surface area contributed by atoms with Crippen molar-refractivity contribution in [3.8, 4) is 0 Å². The molecule has 0 radical (unpaired) electrons. The van der Waals surface area contributed by atoms with Crippen LogP contribution in [0.2, 0.25) is 0 Å². The molecule has 5 N–H and O–H groups in total. The van der Waals surface area contributed by atoms with Crippen molar-refractivity contribution in [1.82, 2.24) is 36.4 Å². The van der Waals surface area contributed by atoms with E-state index in [2.05, 4.69) is 36.8 Å². The van der Waals surface area contributed by atoms with E-state index in [0.29, 0.717) is 29.4 Å². The molecular weight excluding hydrogens is 727 g/mol. The van der Waals surface area contributed by atoms with E-state index < -0.39 is 0 Å². The molecule has 0 aromatic heterocycles. The van der Waals surface area contributed by atoms with Crippen LogP contribution in [0.4, 0.5) is 4.79 Å². The van der Waals surface area contributed by atoms with Crippen molar-refractivity contribution in [2.45, 2.75) is 198 Å². The van der Waals surface area contributed by atoms with Gasteiger partial charge in [-0.1, -0.05) is 18.7 Å². The van der Waals surface area contributed by atoms with E-state index in [0.717, 1.165) is 11.9 Å². The van der Waals surface area contributed by atoms with E-state index in [1.807, 2.05) is 130 Å². The zero-order valence-electron chi connectivity index (χ0n) is 37.0. The highest BCUT2D eigenvalue weighted by atomic mass is 32.2. The summed E-state index contributed by atoms with van der Waals surface area (Å²) in [6.07, 6.45) is 0. The second-order valence-electron chi connectivity index (χ2n) is 14.2. The average Bonchev–Trinajstić information content (AvgIpc) is 3.03. The Balaban J connectivity index is -0.000000130. The first-order valence-corrected chi connectivity index (χ1v) is 18.9. The number of hydrogen-bond acceptors (Lipinski definition) is 15. The molecule has 2 amide bonds. The lowest BCUT2D eigenvalue weighted by Gasteiger charge is -2.30. The highest BCUT2D eigenvalue weighted by Gasteiger charge is 2.19. The second-order valence-corrected chi connectivity index (χ2v) is 15.5. The van der Waals surface area contributed by atoms with E-state index in [1.54, 1.807) is 25.9 Å². The molecule has 0 aliphatic heterocycles. The number of hydrogen-bond donors (Lipinski definition) is 5. The van der Waals surface area contributed by atoms with Gasteiger partial charge < -0.3 is 31.4 Å². The minimum atomic E-state index is -0.273. The number of nitrogens with one attached hydrogen (secondary N) is 3. The van der Waals surface area contributed by atoms with Gasteiger partial charge in [0.25, 0.3) is 0 Å². The Morgan fingerprint density at radius 1 is 0.667 bits per heavy atom. The fourth-order valence-corrected chi connectivity index (χ4v) is 4.03. The third-order valence-corrected chi connectivity index (χ3v) is 6.57. The fraction of sp³-hybridized carbons (Fsp3) is 0.969. The van der Waals surface area contributed by atoms with E-state index in [-0.39, 0.29) is 46.1 Å². The van der Waals surface area contributed by atoms with Crippen LogP contribution in [-0.4, -0.2) is 113 Å². The van der Waals surface area contributed by atoms with Gasteiger partial charge in [0, 0.05) is 83.9 Å². The zero-order chi connectivity index (χ0) is 44.5. The van der Waals surface area contributed by atoms with Crippen molar-refractivity contribution in [1.29, 1.82) is 0 Å². The molecule has 0 aromatic carbocycles. The van der Waals surface area contributed by atoms with E-state index in [9.17, 15) is 30.2 Å². The highest BCUT2D eigenvalue weighted by Crippen LogP contribution is 2.08. The third-order valence-electron chi connectivity index (χ3n) is 6.06. The summed E-state index contributed by atoms with van der Waals surface area (Å²) < 4.78 is 2.60. The van der Waals surface area contributed by atoms with Crippen LogP contribution in [0.15, 0.2) is 20.4 Å². The molecule has 22 heteroatoms. The molecule has 54 heavy (non-hydrogen) atoms. The number of rotatable bonds is 15. The molecule has 0 heterocycles. The molecule has 0 bridgehead atoms. The Bertz CT molecular complexity index is 926. The largest absolute Gasteiger partial charge is 0.737 e. The number of hydrazine groups is 3. The number of nitrogens with zero attached hydrogens (tertiary/aromatic N) is 10. The molecule has 0 atom stereocenters. The smallest absolute Gasteiger partial charge is 0.329 e. The molecule has 0 aliphatic carbocycles. The Kier molecular flexibility index (Phi) is 44.0. The van der Waals surface area contributed by atoms with Crippen LogP contribution in [0.3, 0.4) is 0 Å². The molecule has 0 rings (SSSR count). The summed E-state index contributed by atoms with van der Waals surface area (Å²) in [6.45, 7) is 38.4. The first-order chi connectivity index (χ1) is 24.6. The monoisotopic (exact) mass is 805 g/mol. The number of carbonyl (C=O) groups is 1. The molecule has 0 spiro atoms. The molecule has 0 saturated heterocycles. The van der Waals surface area contributed by atoms with Gasteiger partial charge in [-0.3, -0.25) is 10.4 Å². The van der Waals surface area contributed by atoms with E-state index in [4.69, 9.17) is 10.4 Å². The number of amides is 2. The fourth-order valence-electron chi connectivity index (χ4n) is 3.86. The van der Waals surface area contributed by atoms with Gasteiger partial charge in [-0.15, -0.1) is 20.4 Å². The number of hydroxylamine groups is 1. The van der Waals surface area contributed by atoms with Gasteiger partial charge in [0.1, 0.15) is 0 Å². The van der Waals surface area contributed by atoms with Crippen molar-refractivity contribution in [3.63, 3.8) is 0 Å². The first-order valence-electron chi connectivity index (χ1n) is 18.1. The highest BCUT2D eigenvalue weighted by molar-refractivity contribution is 7.98. The van der Waals surface area contributed by atoms with Crippen LogP contribution in [0.1, 0.15) is 138 Å². The maximum atomic E-state index is 11.0. The lowest BCUT2D eigenvalue weighted by Crippen LogP contribution is -2.52. The lowest BCUT2D eigenvalue weighted by molar-refractivity contribution is -0.704. The summed E-state index contributed by atoms with van der Waals surface area (Å²) in [7, 11) is 1.61. The molecule has 0 fully saturated rings. The van der Waals surface area contributed by atoms with Crippen molar-refractivity contribution in [2.24, 2.45) is 20.4 Å². The number of carbonyl (C=O) groups excluding carboxylic acids is 1. The van der Waals surface area contributed by atoms with Gasteiger partial charge in [-0.25, -0.2) is 14.8 Å². The van der Waals surface area contributed by atoms with E-state index in [1.165, 1.54) is 10.0 Å².